The Balaban J connectivity index is 2.45. The molecular formula is C8H14O3. The summed E-state index contributed by atoms with van der Waals surface area (Å²) in [5, 5.41) is 9.17. The number of cyclic esters (lactones) is 1. The highest BCUT2D eigenvalue weighted by Gasteiger charge is 2.43. The van der Waals surface area contributed by atoms with Crippen LogP contribution in [0.3, 0.4) is 0 Å². The van der Waals surface area contributed by atoms with E-state index < -0.39 is 6.10 Å². The number of aliphatic hydroxyl groups excluding tert-OH is 1. The zero-order valence-corrected chi connectivity index (χ0v) is 7.07. The van der Waals surface area contributed by atoms with E-state index in [4.69, 9.17) is 9.84 Å². The average molecular weight is 158 g/mol. The van der Waals surface area contributed by atoms with Gasteiger partial charge in [-0.2, -0.15) is 0 Å². The van der Waals surface area contributed by atoms with Gasteiger partial charge in [0.2, 0.25) is 0 Å². The summed E-state index contributed by atoms with van der Waals surface area (Å²) in [6, 6.07) is 0. The molecule has 0 unspecified atom stereocenters. The van der Waals surface area contributed by atoms with Crippen LogP contribution in [0, 0.1) is 11.8 Å². The zero-order chi connectivity index (χ0) is 8.59. The SMILES string of the molecule is C[C@H]([C@H]1OC(=O)[C@@H]1C)[C@@H](C)O. The molecule has 0 aromatic heterocycles. The van der Waals surface area contributed by atoms with E-state index in [1.807, 2.05) is 13.8 Å². The first-order valence-corrected chi connectivity index (χ1v) is 3.92. The summed E-state index contributed by atoms with van der Waals surface area (Å²) >= 11 is 0. The van der Waals surface area contributed by atoms with Crippen LogP contribution in [0.4, 0.5) is 0 Å². The van der Waals surface area contributed by atoms with Crippen molar-refractivity contribution in [2.45, 2.75) is 33.0 Å². The fourth-order valence-corrected chi connectivity index (χ4v) is 1.24. The van der Waals surface area contributed by atoms with Gasteiger partial charge in [-0.05, 0) is 13.8 Å². The Kier molecular flexibility index (Phi) is 2.18. The lowest BCUT2D eigenvalue weighted by Crippen LogP contribution is -2.49. The average Bonchev–Trinajstić information content (AvgIpc) is 1.98. The fourth-order valence-electron chi connectivity index (χ4n) is 1.24. The van der Waals surface area contributed by atoms with Gasteiger partial charge in [-0.25, -0.2) is 0 Å². The number of hydrogen-bond donors (Lipinski definition) is 1. The molecule has 0 saturated carbocycles. The van der Waals surface area contributed by atoms with E-state index in [9.17, 15) is 4.79 Å². The van der Waals surface area contributed by atoms with Crippen molar-refractivity contribution in [2.24, 2.45) is 11.8 Å². The third-order valence-electron chi connectivity index (χ3n) is 2.40. The lowest BCUT2D eigenvalue weighted by atomic mass is 9.86. The van der Waals surface area contributed by atoms with Crippen LogP contribution in [0.15, 0.2) is 0 Å². The minimum absolute atomic E-state index is 0.0420. The summed E-state index contributed by atoms with van der Waals surface area (Å²) in [5.74, 6) is -0.148. The highest BCUT2D eigenvalue weighted by molar-refractivity contribution is 5.78. The molecule has 1 aliphatic heterocycles. The van der Waals surface area contributed by atoms with Gasteiger partial charge in [-0.3, -0.25) is 4.79 Å². The minimum Gasteiger partial charge on any atom is -0.461 e. The Labute approximate surface area is 66.4 Å². The number of carbonyl (C=O) groups excluding carboxylic acids is 1. The quantitative estimate of drug-likeness (QED) is 0.597. The van der Waals surface area contributed by atoms with E-state index in [1.54, 1.807) is 6.92 Å². The second-order valence-electron chi connectivity index (χ2n) is 3.29. The maximum Gasteiger partial charge on any atom is 0.312 e. The molecule has 0 aromatic carbocycles. The van der Waals surface area contributed by atoms with E-state index in [0.717, 1.165) is 0 Å². The summed E-state index contributed by atoms with van der Waals surface area (Å²) in [5.41, 5.74) is 0. The van der Waals surface area contributed by atoms with Crippen LogP contribution < -0.4 is 0 Å². The zero-order valence-electron chi connectivity index (χ0n) is 7.07. The van der Waals surface area contributed by atoms with Crippen molar-refractivity contribution >= 4 is 5.97 Å². The van der Waals surface area contributed by atoms with Crippen molar-refractivity contribution in [3.05, 3.63) is 0 Å². The van der Waals surface area contributed by atoms with Crippen molar-refractivity contribution in [3.63, 3.8) is 0 Å². The number of esters is 1. The molecule has 1 heterocycles. The van der Waals surface area contributed by atoms with Crippen LogP contribution in [0.1, 0.15) is 20.8 Å². The second kappa shape index (κ2) is 2.81. The molecule has 0 aliphatic carbocycles. The lowest BCUT2D eigenvalue weighted by Gasteiger charge is -2.37. The Morgan fingerprint density at radius 2 is 2.09 bits per heavy atom. The standard InChI is InChI=1S/C8H14O3/c1-4(6(3)9)7-5(2)8(10)11-7/h4-7,9H,1-3H3/t4-,5+,6+,7+/m0/s1. The predicted octanol–water partition coefficient (Wildman–Crippen LogP) is 0.565. The van der Waals surface area contributed by atoms with Crippen LogP contribution in [-0.2, 0) is 9.53 Å². The molecule has 0 amide bonds. The van der Waals surface area contributed by atoms with Gasteiger partial charge in [0.15, 0.2) is 0 Å². The van der Waals surface area contributed by atoms with E-state index in [2.05, 4.69) is 0 Å². The van der Waals surface area contributed by atoms with Gasteiger partial charge in [0.05, 0.1) is 12.0 Å². The topological polar surface area (TPSA) is 46.5 Å². The van der Waals surface area contributed by atoms with Crippen LogP contribution in [-0.4, -0.2) is 23.3 Å². The molecule has 1 fully saturated rings. The number of aliphatic hydroxyl groups is 1. The Hall–Kier alpha value is -0.570. The highest BCUT2D eigenvalue weighted by Crippen LogP contribution is 2.29. The third-order valence-corrected chi connectivity index (χ3v) is 2.40. The van der Waals surface area contributed by atoms with Gasteiger partial charge >= 0.3 is 5.97 Å². The Bertz CT molecular complexity index is 165. The molecule has 1 aliphatic rings. The van der Waals surface area contributed by atoms with Crippen molar-refractivity contribution in [2.75, 3.05) is 0 Å². The normalized spacial score (nSPS) is 35.5. The fraction of sp³-hybridized carbons (Fsp3) is 0.875. The van der Waals surface area contributed by atoms with Crippen LogP contribution in [0.25, 0.3) is 0 Å². The van der Waals surface area contributed by atoms with Gasteiger partial charge in [0.1, 0.15) is 6.10 Å². The molecule has 3 heteroatoms. The van der Waals surface area contributed by atoms with E-state index in [0.29, 0.717) is 0 Å². The minimum atomic E-state index is -0.407. The Morgan fingerprint density at radius 3 is 2.36 bits per heavy atom. The van der Waals surface area contributed by atoms with Crippen LogP contribution in [0.2, 0.25) is 0 Å². The summed E-state index contributed by atoms with van der Waals surface area (Å²) < 4.78 is 4.88. The second-order valence-corrected chi connectivity index (χ2v) is 3.29. The summed E-state index contributed by atoms with van der Waals surface area (Å²) in [6.07, 6.45) is -0.488. The van der Waals surface area contributed by atoms with Crippen molar-refractivity contribution in [1.29, 1.82) is 0 Å². The summed E-state index contributed by atoms with van der Waals surface area (Å²) in [4.78, 5) is 10.7. The maximum absolute atomic E-state index is 10.7. The van der Waals surface area contributed by atoms with Crippen molar-refractivity contribution in [1.82, 2.24) is 0 Å². The molecular weight excluding hydrogens is 144 g/mol. The number of carbonyl (C=O) groups is 1. The third kappa shape index (κ3) is 1.38. The molecule has 11 heavy (non-hydrogen) atoms. The first-order valence-electron chi connectivity index (χ1n) is 3.92. The van der Waals surface area contributed by atoms with E-state index in [1.165, 1.54) is 0 Å². The van der Waals surface area contributed by atoms with Gasteiger partial charge in [0.25, 0.3) is 0 Å². The molecule has 1 N–H and O–H groups in total. The molecule has 3 nitrogen and oxygen atoms in total. The molecule has 0 bridgehead atoms. The van der Waals surface area contributed by atoms with E-state index in [-0.39, 0.29) is 23.9 Å². The monoisotopic (exact) mass is 158 g/mol. The predicted molar refractivity (Wildman–Crippen MR) is 39.9 cm³/mol. The molecule has 1 saturated heterocycles. The van der Waals surface area contributed by atoms with Gasteiger partial charge < -0.3 is 9.84 Å². The van der Waals surface area contributed by atoms with Crippen LogP contribution >= 0.6 is 0 Å². The largest absolute Gasteiger partial charge is 0.461 e. The van der Waals surface area contributed by atoms with E-state index >= 15 is 0 Å². The molecule has 1 rings (SSSR count). The lowest BCUT2D eigenvalue weighted by molar-refractivity contribution is -0.192. The number of hydrogen-bond acceptors (Lipinski definition) is 3. The highest BCUT2D eigenvalue weighted by atomic mass is 16.6. The molecule has 0 radical (unpaired) electrons. The summed E-state index contributed by atoms with van der Waals surface area (Å²) in [7, 11) is 0. The molecule has 0 aromatic rings. The van der Waals surface area contributed by atoms with Gasteiger partial charge in [-0.1, -0.05) is 6.92 Å². The molecule has 4 atom stereocenters. The number of ether oxygens (including phenoxy) is 1. The van der Waals surface area contributed by atoms with Crippen molar-refractivity contribution < 1.29 is 14.6 Å². The summed E-state index contributed by atoms with van der Waals surface area (Å²) in [6.45, 7) is 5.43. The smallest absolute Gasteiger partial charge is 0.312 e. The molecule has 0 spiro atoms. The molecule has 64 valence electrons. The first-order chi connectivity index (χ1) is 5.04. The maximum atomic E-state index is 10.7. The van der Waals surface area contributed by atoms with Gasteiger partial charge in [0, 0.05) is 5.92 Å². The van der Waals surface area contributed by atoms with Gasteiger partial charge in [-0.15, -0.1) is 0 Å². The van der Waals surface area contributed by atoms with Crippen LogP contribution in [0.5, 0.6) is 0 Å². The number of rotatable bonds is 2. The first kappa shape index (κ1) is 8.53. The Morgan fingerprint density at radius 1 is 1.55 bits per heavy atom. The van der Waals surface area contributed by atoms with Crippen molar-refractivity contribution in [3.8, 4) is 0 Å².